The molecule has 3 heterocycles. The summed E-state index contributed by atoms with van der Waals surface area (Å²) in [5.74, 6) is 1.76. The van der Waals surface area contributed by atoms with Gasteiger partial charge in [-0.15, -0.1) is 0 Å². The summed E-state index contributed by atoms with van der Waals surface area (Å²) in [5, 5.41) is 0. The quantitative estimate of drug-likeness (QED) is 0.862. The predicted octanol–water partition coefficient (Wildman–Crippen LogP) is 3.61. The molecule has 1 aliphatic heterocycles. The van der Waals surface area contributed by atoms with E-state index in [0.29, 0.717) is 12.1 Å². The van der Waals surface area contributed by atoms with Gasteiger partial charge in [0.2, 0.25) is 0 Å². The molecule has 1 fully saturated rings. The molecule has 0 saturated carbocycles. The van der Waals surface area contributed by atoms with Crippen molar-refractivity contribution in [2.24, 2.45) is 0 Å². The maximum absolute atomic E-state index is 4.79. The number of hydrogen-bond donors (Lipinski definition) is 0. The molecule has 0 bridgehead atoms. The smallest absolute Gasteiger partial charge is 0.180 e. The maximum Gasteiger partial charge on any atom is 0.180 e. The second-order valence-electron chi connectivity index (χ2n) is 5.80. The van der Waals surface area contributed by atoms with Gasteiger partial charge in [-0.25, -0.2) is 9.97 Å². The van der Waals surface area contributed by atoms with Gasteiger partial charge in [-0.2, -0.15) is 0 Å². The third-order valence-electron chi connectivity index (χ3n) is 4.26. The van der Waals surface area contributed by atoms with Crippen LogP contribution in [0.25, 0.3) is 11.5 Å². The zero-order valence-electron chi connectivity index (χ0n) is 13.0. The average Bonchev–Trinajstić information content (AvgIpc) is 2.88. The number of aromatic nitrogens is 3. The molecule has 0 spiro atoms. The van der Waals surface area contributed by atoms with E-state index in [-0.39, 0.29) is 0 Å². The van der Waals surface area contributed by atoms with Gasteiger partial charge in [0.15, 0.2) is 5.82 Å². The van der Waals surface area contributed by atoms with Gasteiger partial charge in [0.05, 0.1) is 0 Å². The third-order valence-corrected chi connectivity index (χ3v) is 4.26. The SMILES string of the molecule is CC[C@@H]1CC[C@@H](C)N1c1cc(C)nc(-c2ccccn2)n1. The normalized spacial score (nSPS) is 21.8. The Labute approximate surface area is 126 Å². The molecule has 21 heavy (non-hydrogen) atoms. The number of aryl methyl sites for hydroxylation is 1. The second kappa shape index (κ2) is 5.80. The van der Waals surface area contributed by atoms with Gasteiger partial charge in [-0.3, -0.25) is 4.98 Å². The van der Waals surface area contributed by atoms with Crippen LogP contribution in [0.3, 0.4) is 0 Å². The monoisotopic (exact) mass is 282 g/mol. The molecule has 1 aliphatic rings. The van der Waals surface area contributed by atoms with E-state index in [2.05, 4.69) is 34.8 Å². The average molecular weight is 282 g/mol. The van der Waals surface area contributed by atoms with Crippen LogP contribution in [0.4, 0.5) is 5.82 Å². The Bertz CT molecular complexity index is 611. The molecule has 0 aromatic carbocycles. The first kappa shape index (κ1) is 14.0. The minimum atomic E-state index is 0.542. The molecule has 0 N–H and O–H groups in total. The van der Waals surface area contributed by atoms with E-state index in [1.54, 1.807) is 6.20 Å². The third kappa shape index (κ3) is 2.75. The van der Waals surface area contributed by atoms with E-state index in [1.807, 2.05) is 25.1 Å². The summed E-state index contributed by atoms with van der Waals surface area (Å²) >= 11 is 0. The molecular formula is C17H22N4. The molecule has 0 amide bonds. The van der Waals surface area contributed by atoms with Crippen LogP contribution in [-0.2, 0) is 0 Å². The maximum atomic E-state index is 4.79. The molecule has 4 heteroatoms. The molecule has 0 radical (unpaired) electrons. The van der Waals surface area contributed by atoms with Gasteiger partial charge in [0.25, 0.3) is 0 Å². The fraction of sp³-hybridized carbons (Fsp3) is 0.471. The van der Waals surface area contributed by atoms with E-state index in [0.717, 1.165) is 29.5 Å². The van der Waals surface area contributed by atoms with Crippen molar-refractivity contribution in [3.05, 3.63) is 36.2 Å². The molecule has 110 valence electrons. The molecule has 0 unspecified atom stereocenters. The lowest BCUT2D eigenvalue weighted by atomic mass is 10.1. The fourth-order valence-electron chi connectivity index (χ4n) is 3.18. The molecular weight excluding hydrogens is 260 g/mol. The van der Waals surface area contributed by atoms with E-state index >= 15 is 0 Å². The Morgan fingerprint density at radius 2 is 2.10 bits per heavy atom. The Morgan fingerprint density at radius 3 is 2.81 bits per heavy atom. The molecule has 3 rings (SSSR count). The van der Waals surface area contributed by atoms with E-state index in [1.165, 1.54) is 12.8 Å². The van der Waals surface area contributed by atoms with Gasteiger partial charge >= 0.3 is 0 Å². The predicted molar refractivity (Wildman–Crippen MR) is 85.3 cm³/mol. The Morgan fingerprint density at radius 1 is 1.24 bits per heavy atom. The summed E-state index contributed by atoms with van der Waals surface area (Å²) < 4.78 is 0. The van der Waals surface area contributed by atoms with Crippen molar-refractivity contribution < 1.29 is 0 Å². The summed E-state index contributed by atoms with van der Waals surface area (Å²) in [5.41, 5.74) is 1.83. The van der Waals surface area contributed by atoms with Crippen LogP contribution < -0.4 is 4.90 Å². The second-order valence-corrected chi connectivity index (χ2v) is 5.80. The number of anilines is 1. The molecule has 2 atom stereocenters. The zero-order valence-corrected chi connectivity index (χ0v) is 13.0. The van der Waals surface area contributed by atoms with Gasteiger partial charge < -0.3 is 4.90 Å². The molecule has 2 aromatic rings. The number of hydrogen-bond acceptors (Lipinski definition) is 4. The lowest BCUT2D eigenvalue weighted by Gasteiger charge is -2.29. The molecule has 2 aromatic heterocycles. The minimum Gasteiger partial charge on any atom is -0.351 e. The van der Waals surface area contributed by atoms with E-state index < -0.39 is 0 Å². The first-order chi connectivity index (χ1) is 10.2. The van der Waals surface area contributed by atoms with Gasteiger partial charge in [-0.05, 0) is 45.2 Å². The number of nitrogens with zero attached hydrogens (tertiary/aromatic N) is 4. The summed E-state index contributed by atoms with van der Waals surface area (Å²) in [4.78, 5) is 16.2. The largest absolute Gasteiger partial charge is 0.351 e. The molecule has 1 saturated heterocycles. The highest BCUT2D eigenvalue weighted by molar-refractivity contribution is 5.54. The highest BCUT2D eigenvalue weighted by atomic mass is 15.3. The number of pyridine rings is 1. The van der Waals surface area contributed by atoms with Crippen molar-refractivity contribution in [1.82, 2.24) is 15.0 Å². The topological polar surface area (TPSA) is 41.9 Å². The molecule has 4 nitrogen and oxygen atoms in total. The standard InChI is InChI=1S/C17H22N4/c1-4-14-9-8-13(3)21(14)16-11-12(2)19-17(20-16)15-7-5-6-10-18-15/h5-7,10-11,13-14H,4,8-9H2,1-3H3/t13-,14-/m1/s1. The summed E-state index contributed by atoms with van der Waals surface area (Å²) in [7, 11) is 0. The first-order valence-corrected chi connectivity index (χ1v) is 7.74. The van der Waals surface area contributed by atoms with Crippen molar-refractivity contribution in [3.63, 3.8) is 0 Å². The lowest BCUT2D eigenvalue weighted by Crippen LogP contribution is -2.35. The van der Waals surface area contributed by atoms with Gasteiger partial charge in [0.1, 0.15) is 11.5 Å². The lowest BCUT2D eigenvalue weighted by molar-refractivity contribution is 0.620. The van der Waals surface area contributed by atoms with Crippen LogP contribution in [0.1, 0.15) is 38.8 Å². The van der Waals surface area contributed by atoms with Crippen molar-refractivity contribution in [2.45, 2.75) is 52.1 Å². The number of rotatable bonds is 3. The summed E-state index contributed by atoms with van der Waals surface area (Å²) in [6, 6.07) is 9.07. The van der Waals surface area contributed by atoms with Crippen LogP contribution in [0, 0.1) is 6.92 Å². The van der Waals surface area contributed by atoms with Crippen molar-refractivity contribution in [1.29, 1.82) is 0 Å². The van der Waals surface area contributed by atoms with E-state index in [9.17, 15) is 0 Å². The van der Waals surface area contributed by atoms with Gasteiger partial charge in [-0.1, -0.05) is 13.0 Å². The zero-order chi connectivity index (χ0) is 14.8. The van der Waals surface area contributed by atoms with Crippen LogP contribution in [0.15, 0.2) is 30.5 Å². The van der Waals surface area contributed by atoms with Crippen LogP contribution in [0.5, 0.6) is 0 Å². The minimum absolute atomic E-state index is 0.542. The Kier molecular flexibility index (Phi) is 3.86. The summed E-state index contributed by atoms with van der Waals surface area (Å²) in [6.07, 6.45) is 5.43. The highest BCUT2D eigenvalue weighted by Crippen LogP contribution is 2.31. The van der Waals surface area contributed by atoms with Crippen LogP contribution in [0.2, 0.25) is 0 Å². The first-order valence-electron chi connectivity index (χ1n) is 7.74. The van der Waals surface area contributed by atoms with Crippen molar-refractivity contribution in [2.75, 3.05) is 4.90 Å². The summed E-state index contributed by atoms with van der Waals surface area (Å²) in [6.45, 7) is 6.57. The van der Waals surface area contributed by atoms with Crippen LogP contribution >= 0.6 is 0 Å². The highest BCUT2D eigenvalue weighted by Gasteiger charge is 2.30. The van der Waals surface area contributed by atoms with Crippen LogP contribution in [-0.4, -0.2) is 27.0 Å². The van der Waals surface area contributed by atoms with Crippen molar-refractivity contribution in [3.8, 4) is 11.5 Å². The van der Waals surface area contributed by atoms with Gasteiger partial charge in [0, 0.05) is 30.0 Å². The fourth-order valence-corrected chi connectivity index (χ4v) is 3.18. The Hall–Kier alpha value is -1.97. The van der Waals surface area contributed by atoms with E-state index in [4.69, 9.17) is 4.98 Å². The molecule has 0 aliphatic carbocycles. The Balaban J connectivity index is 2.02. The van der Waals surface area contributed by atoms with Crippen molar-refractivity contribution >= 4 is 5.82 Å².